The Kier molecular flexibility index (Phi) is 4.39. The van der Waals surface area contributed by atoms with Crippen molar-refractivity contribution in [1.29, 1.82) is 0 Å². The van der Waals surface area contributed by atoms with Crippen LogP contribution in [0.1, 0.15) is 12.5 Å². The number of piperazine rings is 1. The fourth-order valence-corrected chi connectivity index (χ4v) is 2.89. The number of rotatable bonds is 3. The first-order valence-corrected chi connectivity index (χ1v) is 7.60. The molecule has 2 aromatic carbocycles. The summed E-state index contributed by atoms with van der Waals surface area (Å²) in [7, 11) is 0. The average molecular weight is 316 g/mol. The standard InChI is InChI=1S/C18H18F2N2O/c1-13-18(23)22(17-8-7-15(19)11-16(17)20)10-9-21(13)12-14-5-3-2-4-6-14/h2-8,11,13H,9-10,12H2,1H3. The Morgan fingerprint density at radius 1 is 1.09 bits per heavy atom. The molecule has 3 rings (SSSR count). The molecule has 1 aliphatic heterocycles. The van der Waals surface area contributed by atoms with E-state index in [0.29, 0.717) is 19.6 Å². The molecule has 1 unspecified atom stereocenters. The summed E-state index contributed by atoms with van der Waals surface area (Å²) in [6, 6.07) is 12.9. The molecule has 3 nitrogen and oxygen atoms in total. The second-order valence-electron chi connectivity index (χ2n) is 5.72. The number of carbonyl (C=O) groups excluding carboxylic acids is 1. The Bertz CT molecular complexity index is 705. The Balaban J connectivity index is 1.76. The van der Waals surface area contributed by atoms with Gasteiger partial charge < -0.3 is 4.90 Å². The molecule has 2 aromatic rings. The van der Waals surface area contributed by atoms with Crippen molar-refractivity contribution < 1.29 is 13.6 Å². The Labute approximate surface area is 134 Å². The molecule has 1 atom stereocenters. The summed E-state index contributed by atoms with van der Waals surface area (Å²) >= 11 is 0. The van der Waals surface area contributed by atoms with Gasteiger partial charge in [-0.3, -0.25) is 9.69 Å². The number of amides is 1. The maximum Gasteiger partial charge on any atom is 0.244 e. The van der Waals surface area contributed by atoms with Gasteiger partial charge in [0.1, 0.15) is 11.6 Å². The van der Waals surface area contributed by atoms with Crippen LogP contribution in [0.25, 0.3) is 0 Å². The van der Waals surface area contributed by atoms with Gasteiger partial charge in [0.05, 0.1) is 11.7 Å². The van der Waals surface area contributed by atoms with E-state index in [4.69, 9.17) is 0 Å². The van der Waals surface area contributed by atoms with Crippen molar-refractivity contribution >= 4 is 11.6 Å². The summed E-state index contributed by atoms with van der Waals surface area (Å²) in [4.78, 5) is 16.1. The first kappa shape index (κ1) is 15.6. The van der Waals surface area contributed by atoms with Crippen LogP contribution >= 0.6 is 0 Å². The quantitative estimate of drug-likeness (QED) is 0.868. The van der Waals surface area contributed by atoms with E-state index in [2.05, 4.69) is 4.90 Å². The van der Waals surface area contributed by atoms with Crippen LogP contribution in [0.5, 0.6) is 0 Å². The maximum atomic E-state index is 13.9. The number of carbonyl (C=O) groups is 1. The van der Waals surface area contributed by atoms with Gasteiger partial charge in [0, 0.05) is 25.7 Å². The van der Waals surface area contributed by atoms with Crippen LogP contribution in [0, 0.1) is 11.6 Å². The molecule has 1 heterocycles. The van der Waals surface area contributed by atoms with Gasteiger partial charge in [-0.15, -0.1) is 0 Å². The molecule has 1 aliphatic rings. The highest BCUT2D eigenvalue weighted by atomic mass is 19.1. The Morgan fingerprint density at radius 2 is 1.83 bits per heavy atom. The lowest BCUT2D eigenvalue weighted by atomic mass is 10.1. The minimum Gasteiger partial charge on any atom is -0.307 e. The van der Waals surface area contributed by atoms with Gasteiger partial charge >= 0.3 is 0 Å². The molecule has 0 aromatic heterocycles. The van der Waals surface area contributed by atoms with Crippen LogP contribution in [-0.4, -0.2) is 29.9 Å². The third-order valence-corrected chi connectivity index (χ3v) is 4.21. The minimum absolute atomic E-state index is 0.141. The molecule has 1 saturated heterocycles. The van der Waals surface area contributed by atoms with Gasteiger partial charge in [0.2, 0.25) is 5.91 Å². The fraction of sp³-hybridized carbons (Fsp3) is 0.278. The van der Waals surface area contributed by atoms with Crippen molar-refractivity contribution in [2.24, 2.45) is 0 Å². The highest BCUT2D eigenvalue weighted by molar-refractivity contribution is 5.97. The Hall–Kier alpha value is -2.27. The van der Waals surface area contributed by atoms with Crippen molar-refractivity contribution in [3.63, 3.8) is 0 Å². The normalized spacial score (nSPS) is 19.2. The van der Waals surface area contributed by atoms with Crippen LogP contribution in [0.2, 0.25) is 0 Å². The zero-order chi connectivity index (χ0) is 16.4. The smallest absolute Gasteiger partial charge is 0.244 e. The molecule has 0 spiro atoms. The summed E-state index contributed by atoms with van der Waals surface area (Å²) in [6.07, 6.45) is 0. The second kappa shape index (κ2) is 6.46. The lowest BCUT2D eigenvalue weighted by Gasteiger charge is -2.39. The number of nitrogens with zero attached hydrogens (tertiary/aromatic N) is 2. The van der Waals surface area contributed by atoms with Crippen molar-refractivity contribution in [3.8, 4) is 0 Å². The summed E-state index contributed by atoms with van der Waals surface area (Å²) < 4.78 is 27.0. The highest BCUT2D eigenvalue weighted by Gasteiger charge is 2.33. The first-order valence-electron chi connectivity index (χ1n) is 7.60. The topological polar surface area (TPSA) is 23.6 Å². The van der Waals surface area contributed by atoms with Gasteiger partial charge in [-0.2, -0.15) is 0 Å². The number of hydrogen-bond donors (Lipinski definition) is 0. The zero-order valence-corrected chi connectivity index (χ0v) is 12.9. The van der Waals surface area contributed by atoms with Crippen molar-refractivity contribution in [2.75, 3.05) is 18.0 Å². The molecule has 23 heavy (non-hydrogen) atoms. The fourth-order valence-electron chi connectivity index (χ4n) is 2.89. The van der Waals surface area contributed by atoms with Gasteiger partial charge in [-0.05, 0) is 24.6 Å². The number of halogens is 2. The lowest BCUT2D eigenvalue weighted by molar-refractivity contribution is -0.125. The van der Waals surface area contributed by atoms with Crippen LogP contribution < -0.4 is 4.90 Å². The van der Waals surface area contributed by atoms with E-state index < -0.39 is 11.6 Å². The highest BCUT2D eigenvalue weighted by Crippen LogP contribution is 2.25. The molecule has 1 amide bonds. The van der Waals surface area contributed by atoms with E-state index >= 15 is 0 Å². The van der Waals surface area contributed by atoms with E-state index in [9.17, 15) is 13.6 Å². The summed E-state index contributed by atoms with van der Waals surface area (Å²) in [5.41, 5.74) is 1.27. The van der Waals surface area contributed by atoms with Crippen molar-refractivity contribution in [2.45, 2.75) is 19.5 Å². The molecule has 5 heteroatoms. The first-order chi connectivity index (χ1) is 11.1. The molecule has 1 fully saturated rings. The van der Waals surface area contributed by atoms with Gasteiger partial charge in [0.25, 0.3) is 0 Å². The van der Waals surface area contributed by atoms with E-state index in [-0.39, 0.29) is 17.6 Å². The Morgan fingerprint density at radius 3 is 2.52 bits per heavy atom. The lowest BCUT2D eigenvalue weighted by Crippen LogP contribution is -2.55. The van der Waals surface area contributed by atoms with E-state index in [1.54, 1.807) is 0 Å². The van der Waals surface area contributed by atoms with Crippen LogP contribution in [0.3, 0.4) is 0 Å². The largest absolute Gasteiger partial charge is 0.307 e. The summed E-state index contributed by atoms with van der Waals surface area (Å²) in [5, 5.41) is 0. The van der Waals surface area contributed by atoms with E-state index in [0.717, 1.165) is 11.6 Å². The molecule has 0 saturated carbocycles. The number of benzene rings is 2. The zero-order valence-electron chi connectivity index (χ0n) is 12.9. The van der Waals surface area contributed by atoms with Crippen LogP contribution in [-0.2, 0) is 11.3 Å². The van der Waals surface area contributed by atoms with E-state index in [1.165, 1.54) is 17.0 Å². The van der Waals surface area contributed by atoms with E-state index in [1.807, 2.05) is 37.3 Å². The number of anilines is 1. The molecule has 0 radical (unpaired) electrons. The predicted molar refractivity (Wildman–Crippen MR) is 85.0 cm³/mol. The maximum absolute atomic E-state index is 13.9. The molecule has 0 aliphatic carbocycles. The minimum atomic E-state index is -0.706. The molecule has 120 valence electrons. The summed E-state index contributed by atoms with van der Waals surface area (Å²) in [5.74, 6) is -1.52. The molecular weight excluding hydrogens is 298 g/mol. The molecular formula is C18H18F2N2O. The van der Waals surface area contributed by atoms with Crippen LogP contribution in [0.4, 0.5) is 14.5 Å². The predicted octanol–water partition coefficient (Wildman–Crippen LogP) is 3.20. The molecule has 0 bridgehead atoms. The average Bonchev–Trinajstić information content (AvgIpc) is 2.54. The van der Waals surface area contributed by atoms with Gasteiger partial charge in [0.15, 0.2) is 0 Å². The molecule has 0 N–H and O–H groups in total. The monoisotopic (exact) mass is 316 g/mol. The van der Waals surface area contributed by atoms with Crippen molar-refractivity contribution in [3.05, 3.63) is 65.7 Å². The SMILES string of the molecule is CC1C(=O)N(c2ccc(F)cc2F)CCN1Cc1ccccc1. The number of hydrogen-bond acceptors (Lipinski definition) is 2. The summed E-state index contributed by atoms with van der Waals surface area (Å²) in [6.45, 7) is 3.52. The third-order valence-electron chi connectivity index (χ3n) is 4.21. The second-order valence-corrected chi connectivity index (χ2v) is 5.72. The van der Waals surface area contributed by atoms with Crippen molar-refractivity contribution in [1.82, 2.24) is 4.90 Å². The third kappa shape index (κ3) is 3.24. The van der Waals surface area contributed by atoms with Gasteiger partial charge in [-0.1, -0.05) is 30.3 Å². The van der Waals surface area contributed by atoms with Gasteiger partial charge in [-0.25, -0.2) is 8.78 Å². The van der Waals surface area contributed by atoms with Crippen LogP contribution in [0.15, 0.2) is 48.5 Å².